The molecule has 1 aromatic heterocycles. The van der Waals surface area contributed by atoms with Crippen molar-refractivity contribution in [2.75, 3.05) is 11.4 Å². The predicted molar refractivity (Wildman–Crippen MR) is 59.5 cm³/mol. The van der Waals surface area contributed by atoms with Crippen LogP contribution in [0.3, 0.4) is 0 Å². The van der Waals surface area contributed by atoms with Crippen molar-refractivity contribution in [3.8, 4) is 0 Å². The third-order valence-electron chi connectivity index (χ3n) is 3.17. The Labute approximate surface area is 89.5 Å². The minimum absolute atomic E-state index is 0.0474. The molecule has 0 aromatic carbocycles. The van der Waals surface area contributed by atoms with E-state index in [-0.39, 0.29) is 11.8 Å². The second-order valence-corrected chi connectivity index (χ2v) is 4.22. The molecular formula is C11H17N3O. The van der Waals surface area contributed by atoms with Gasteiger partial charge in [0.1, 0.15) is 5.82 Å². The third kappa shape index (κ3) is 1.98. The first-order chi connectivity index (χ1) is 7.18. The van der Waals surface area contributed by atoms with E-state index in [1.807, 2.05) is 12.3 Å². The highest BCUT2D eigenvalue weighted by Gasteiger charge is 2.28. The summed E-state index contributed by atoms with van der Waals surface area (Å²) in [5, 5.41) is 0. The number of hydrogen-bond acceptors (Lipinski definition) is 2. The number of primary amides is 1. The van der Waals surface area contributed by atoms with Crippen molar-refractivity contribution in [2.24, 2.45) is 11.7 Å². The quantitative estimate of drug-likeness (QED) is 0.763. The molecule has 1 aromatic rings. The Bertz CT molecular complexity index is 334. The van der Waals surface area contributed by atoms with Crippen molar-refractivity contribution < 1.29 is 4.79 Å². The van der Waals surface area contributed by atoms with Gasteiger partial charge in [0.25, 0.3) is 0 Å². The average molecular weight is 207 g/mol. The number of nitrogens with one attached hydrogen (secondary N) is 1. The lowest BCUT2D eigenvalue weighted by molar-refractivity contribution is -0.122. The molecule has 2 unspecified atom stereocenters. The maximum absolute atomic E-state index is 11.1. The monoisotopic (exact) mass is 207 g/mol. The minimum Gasteiger partial charge on any atom is -0.369 e. The zero-order chi connectivity index (χ0) is 10.8. The summed E-state index contributed by atoms with van der Waals surface area (Å²) in [6.45, 7) is 3.03. The van der Waals surface area contributed by atoms with Crippen LogP contribution in [0.25, 0.3) is 0 Å². The molecule has 4 heteroatoms. The van der Waals surface area contributed by atoms with Crippen molar-refractivity contribution in [1.29, 1.82) is 0 Å². The summed E-state index contributed by atoms with van der Waals surface area (Å²) < 4.78 is 0. The normalized spacial score (nSPS) is 26.6. The summed E-state index contributed by atoms with van der Waals surface area (Å²) in [6.07, 6.45) is 3.63. The van der Waals surface area contributed by atoms with Gasteiger partial charge in [-0.05, 0) is 31.9 Å². The van der Waals surface area contributed by atoms with E-state index in [4.69, 9.17) is 5.73 Å². The number of rotatable bonds is 2. The molecule has 2 rings (SSSR count). The van der Waals surface area contributed by atoms with Gasteiger partial charge in [0.15, 0.2) is 0 Å². The van der Waals surface area contributed by atoms with Crippen molar-refractivity contribution in [1.82, 2.24) is 4.98 Å². The van der Waals surface area contributed by atoms with Crippen LogP contribution in [-0.4, -0.2) is 23.5 Å². The molecule has 1 saturated heterocycles. The van der Waals surface area contributed by atoms with Crippen LogP contribution in [-0.2, 0) is 4.79 Å². The van der Waals surface area contributed by atoms with Crippen LogP contribution in [0.5, 0.6) is 0 Å². The molecular weight excluding hydrogens is 190 g/mol. The molecule has 3 N–H and O–H groups in total. The fourth-order valence-electron chi connectivity index (χ4n) is 2.29. The van der Waals surface area contributed by atoms with E-state index >= 15 is 0 Å². The number of aromatic amines is 1. The predicted octanol–water partition coefficient (Wildman–Crippen LogP) is 1.10. The van der Waals surface area contributed by atoms with Crippen molar-refractivity contribution in [3.63, 3.8) is 0 Å². The Balaban J connectivity index is 2.04. The largest absolute Gasteiger partial charge is 0.369 e. The standard InChI is InChI=1S/C11H17N3O/c1-8-7-9(11(12)15)4-6-14(8)10-3-2-5-13-10/h2-3,5,8-9,13H,4,6-7H2,1H3,(H2,12,15). The van der Waals surface area contributed by atoms with E-state index < -0.39 is 0 Å². The molecule has 0 spiro atoms. The van der Waals surface area contributed by atoms with Crippen LogP contribution in [0, 0.1) is 5.92 Å². The van der Waals surface area contributed by atoms with Crippen LogP contribution in [0.15, 0.2) is 18.3 Å². The highest BCUT2D eigenvalue weighted by molar-refractivity contribution is 5.77. The van der Waals surface area contributed by atoms with Gasteiger partial charge >= 0.3 is 0 Å². The molecule has 0 saturated carbocycles. The van der Waals surface area contributed by atoms with Gasteiger partial charge in [-0.15, -0.1) is 0 Å². The van der Waals surface area contributed by atoms with Gasteiger partial charge in [-0.1, -0.05) is 0 Å². The molecule has 0 aliphatic carbocycles. The van der Waals surface area contributed by atoms with Gasteiger partial charge in [0.2, 0.25) is 5.91 Å². The van der Waals surface area contributed by atoms with Crippen LogP contribution in [0.4, 0.5) is 5.82 Å². The number of H-pyrrole nitrogens is 1. The molecule has 0 radical (unpaired) electrons. The molecule has 1 fully saturated rings. The van der Waals surface area contributed by atoms with Crippen molar-refractivity contribution in [2.45, 2.75) is 25.8 Å². The Morgan fingerprint density at radius 2 is 2.47 bits per heavy atom. The number of piperidine rings is 1. The number of amides is 1. The SMILES string of the molecule is CC1CC(C(N)=O)CCN1c1ccc[nH]1. The average Bonchev–Trinajstić information content (AvgIpc) is 2.70. The molecule has 82 valence electrons. The number of carbonyl (C=O) groups is 1. The summed E-state index contributed by atoms with van der Waals surface area (Å²) in [4.78, 5) is 16.6. The lowest BCUT2D eigenvalue weighted by Gasteiger charge is -2.37. The first-order valence-electron chi connectivity index (χ1n) is 5.38. The fraction of sp³-hybridized carbons (Fsp3) is 0.545. The maximum atomic E-state index is 11.1. The van der Waals surface area contributed by atoms with Gasteiger partial charge in [0.05, 0.1) is 0 Å². The first-order valence-corrected chi connectivity index (χ1v) is 5.38. The van der Waals surface area contributed by atoms with Crippen LogP contribution >= 0.6 is 0 Å². The zero-order valence-electron chi connectivity index (χ0n) is 8.94. The van der Waals surface area contributed by atoms with Gasteiger partial charge < -0.3 is 15.6 Å². The number of nitrogens with two attached hydrogens (primary N) is 1. The summed E-state index contributed by atoms with van der Waals surface area (Å²) in [5.41, 5.74) is 5.33. The summed E-state index contributed by atoms with van der Waals surface area (Å²) in [5.74, 6) is 1.02. The summed E-state index contributed by atoms with van der Waals surface area (Å²) in [6, 6.07) is 4.42. The lowest BCUT2D eigenvalue weighted by atomic mass is 9.91. The zero-order valence-corrected chi connectivity index (χ0v) is 8.94. The van der Waals surface area contributed by atoms with Crippen molar-refractivity contribution in [3.05, 3.63) is 18.3 Å². The molecule has 1 aliphatic rings. The fourth-order valence-corrected chi connectivity index (χ4v) is 2.29. The summed E-state index contributed by atoms with van der Waals surface area (Å²) >= 11 is 0. The summed E-state index contributed by atoms with van der Waals surface area (Å²) in [7, 11) is 0. The molecule has 1 aliphatic heterocycles. The Morgan fingerprint density at radius 1 is 1.67 bits per heavy atom. The van der Waals surface area contributed by atoms with Gasteiger partial charge in [0, 0.05) is 24.7 Å². The molecule has 2 heterocycles. The Kier molecular flexibility index (Phi) is 2.66. The topological polar surface area (TPSA) is 62.1 Å². The molecule has 4 nitrogen and oxygen atoms in total. The van der Waals surface area contributed by atoms with E-state index in [2.05, 4.69) is 22.9 Å². The third-order valence-corrected chi connectivity index (χ3v) is 3.17. The van der Waals surface area contributed by atoms with Crippen LogP contribution in [0.1, 0.15) is 19.8 Å². The first kappa shape index (κ1) is 10.1. The van der Waals surface area contributed by atoms with Gasteiger partial charge in [-0.25, -0.2) is 0 Å². The number of anilines is 1. The highest BCUT2D eigenvalue weighted by atomic mass is 16.1. The molecule has 1 amide bonds. The Hall–Kier alpha value is -1.45. The van der Waals surface area contributed by atoms with Crippen LogP contribution in [0.2, 0.25) is 0 Å². The number of aromatic nitrogens is 1. The highest BCUT2D eigenvalue weighted by Crippen LogP contribution is 2.26. The van der Waals surface area contributed by atoms with Crippen LogP contribution < -0.4 is 10.6 Å². The van der Waals surface area contributed by atoms with Gasteiger partial charge in [-0.2, -0.15) is 0 Å². The lowest BCUT2D eigenvalue weighted by Crippen LogP contribution is -2.44. The van der Waals surface area contributed by atoms with E-state index in [1.54, 1.807) is 0 Å². The minimum atomic E-state index is -0.159. The van der Waals surface area contributed by atoms with E-state index in [9.17, 15) is 4.79 Å². The Morgan fingerprint density at radius 3 is 3.00 bits per heavy atom. The number of carbonyl (C=O) groups excluding carboxylic acids is 1. The molecule has 0 bridgehead atoms. The number of hydrogen-bond donors (Lipinski definition) is 2. The number of nitrogens with zero attached hydrogens (tertiary/aromatic N) is 1. The van der Waals surface area contributed by atoms with E-state index in [0.717, 1.165) is 25.2 Å². The van der Waals surface area contributed by atoms with E-state index in [0.29, 0.717) is 6.04 Å². The maximum Gasteiger partial charge on any atom is 0.220 e. The second-order valence-electron chi connectivity index (χ2n) is 4.22. The van der Waals surface area contributed by atoms with Gasteiger partial charge in [-0.3, -0.25) is 4.79 Å². The molecule has 2 atom stereocenters. The van der Waals surface area contributed by atoms with Crippen molar-refractivity contribution >= 4 is 11.7 Å². The smallest absolute Gasteiger partial charge is 0.220 e. The molecule has 15 heavy (non-hydrogen) atoms. The van der Waals surface area contributed by atoms with E-state index in [1.165, 1.54) is 0 Å². The second kappa shape index (κ2) is 3.96.